The Morgan fingerprint density at radius 2 is 2.13 bits per heavy atom. The van der Waals surface area contributed by atoms with E-state index in [-0.39, 0.29) is 5.82 Å². The highest BCUT2D eigenvalue weighted by Gasteiger charge is 2.06. The summed E-state index contributed by atoms with van der Waals surface area (Å²) in [6.07, 6.45) is 1.71. The molecule has 0 radical (unpaired) electrons. The van der Waals surface area contributed by atoms with E-state index in [1.54, 1.807) is 19.2 Å². The molecule has 0 unspecified atom stereocenters. The van der Waals surface area contributed by atoms with E-state index in [2.05, 4.69) is 20.6 Å². The van der Waals surface area contributed by atoms with Gasteiger partial charge in [-0.2, -0.15) is 0 Å². The summed E-state index contributed by atoms with van der Waals surface area (Å²) >= 11 is 0. The van der Waals surface area contributed by atoms with Gasteiger partial charge < -0.3 is 15.1 Å². The first-order valence-electron chi connectivity index (χ1n) is 7.70. The predicted octanol–water partition coefficient (Wildman–Crippen LogP) is 2.73. The fourth-order valence-electron chi connectivity index (χ4n) is 2.19. The Hall–Kier alpha value is -2.37. The van der Waals surface area contributed by atoms with Crippen LogP contribution in [0.15, 0.2) is 33.7 Å². The van der Waals surface area contributed by atoms with Crippen LogP contribution >= 0.6 is 0 Å². The molecule has 5 nitrogen and oxygen atoms in total. The molecule has 0 aliphatic heterocycles. The van der Waals surface area contributed by atoms with Crippen LogP contribution < -0.4 is 10.6 Å². The second kappa shape index (κ2) is 8.31. The molecular weight excluding hydrogens is 295 g/mol. The van der Waals surface area contributed by atoms with Gasteiger partial charge in [0.2, 0.25) is 5.89 Å². The standard InChI is InChI=1S/C17H23FN4O/c1-12-13(2)23-16(22-12)11-21-17(19-3)20-9-5-7-14-6-4-8-15(18)10-14/h4,6,8,10H,5,7,9,11H2,1-3H3,(H2,19,20,21). The minimum atomic E-state index is -0.190. The van der Waals surface area contributed by atoms with Gasteiger partial charge >= 0.3 is 0 Å². The molecule has 1 aromatic heterocycles. The summed E-state index contributed by atoms with van der Waals surface area (Å²) in [5.74, 6) is 1.98. The summed E-state index contributed by atoms with van der Waals surface area (Å²) in [4.78, 5) is 8.47. The highest BCUT2D eigenvalue weighted by atomic mass is 19.1. The number of hydrogen-bond acceptors (Lipinski definition) is 3. The van der Waals surface area contributed by atoms with Crippen molar-refractivity contribution in [3.05, 3.63) is 53.0 Å². The molecule has 2 aromatic rings. The van der Waals surface area contributed by atoms with Crippen molar-refractivity contribution in [2.75, 3.05) is 13.6 Å². The van der Waals surface area contributed by atoms with E-state index in [4.69, 9.17) is 4.42 Å². The van der Waals surface area contributed by atoms with Crippen molar-refractivity contribution in [3.8, 4) is 0 Å². The van der Waals surface area contributed by atoms with E-state index >= 15 is 0 Å². The summed E-state index contributed by atoms with van der Waals surface area (Å²) < 4.78 is 18.6. The number of aromatic nitrogens is 1. The van der Waals surface area contributed by atoms with Gasteiger partial charge in [-0.15, -0.1) is 0 Å². The lowest BCUT2D eigenvalue weighted by Crippen LogP contribution is -2.37. The number of benzene rings is 1. The van der Waals surface area contributed by atoms with Crippen LogP contribution in [0.2, 0.25) is 0 Å². The Morgan fingerprint density at radius 1 is 1.30 bits per heavy atom. The van der Waals surface area contributed by atoms with Gasteiger partial charge in [0.15, 0.2) is 5.96 Å². The molecule has 0 fully saturated rings. The third-order valence-electron chi connectivity index (χ3n) is 3.53. The molecule has 0 saturated heterocycles. The number of halogens is 1. The molecule has 1 heterocycles. The topological polar surface area (TPSA) is 62.5 Å². The monoisotopic (exact) mass is 318 g/mol. The van der Waals surface area contributed by atoms with Crippen LogP contribution in [0.3, 0.4) is 0 Å². The quantitative estimate of drug-likeness (QED) is 0.488. The molecule has 1 aromatic carbocycles. The second-order valence-corrected chi connectivity index (χ2v) is 5.34. The van der Waals surface area contributed by atoms with Gasteiger partial charge in [-0.3, -0.25) is 4.99 Å². The first kappa shape index (κ1) is 17.0. The van der Waals surface area contributed by atoms with Crippen LogP contribution in [-0.4, -0.2) is 24.5 Å². The van der Waals surface area contributed by atoms with Crippen molar-refractivity contribution >= 4 is 5.96 Å². The SMILES string of the molecule is CN=C(NCCCc1cccc(F)c1)NCc1nc(C)c(C)o1. The number of guanidine groups is 1. The lowest BCUT2D eigenvalue weighted by atomic mass is 10.1. The first-order chi connectivity index (χ1) is 11.1. The lowest BCUT2D eigenvalue weighted by Gasteiger charge is -2.10. The van der Waals surface area contributed by atoms with Gasteiger partial charge in [0.25, 0.3) is 0 Å². The van der Waals surface area contributed by atoms with E-state index in [1.807, 2.05) is 19.9 Å². The molecule has 0 amide bonds. The fourth-order valence-corrected chi connectivity index (χ4v) is 2.19. The average Bonchev–Trinajstić information content (AvgIpc) is 2.85. The van der Waals surface area contributed by atoms with Gasteiger partial charge in [-0.1, -0.05) is 12.1 Å². The highest BCUT2D eigenvalue weighted by Crippen LogP contribution is 2.07. The number of hydrogen-bond donors (Lipinski definition) is 2. The number of aryl methyl sites for hydroxylation is 3. The molecule has 2 N–H and O–H groups in total. The van der Waals surface area contributed by atoms with E-state index in [0.29, 0.717) is 18.4 Å². The van der Waals surface area contributed by atoms with Crippen LogP contribution in [0, 0.1) is 19.7 Å². The van der Waals surface area contributed by atoms with Crippen molar-refractivity contribution in [2.24, 2.45) is 4.99 Å². The number of nitrogens with one attached hydrogen (secondary N) is 2. The molecule has 0 aliphatic rings. The molecular formula is C17H23FN4O. The van der Waals surface area contributed by atoms with Crippen molar-refractivity contribution in [3.63, 3.8) is 0 Å². The van der Waals surface area contributed by atoms with Crippen LogP contribution in [-0.2, 0) is 13.0 Å². The zero-order valence-electron chi connectivity index (χ0n) is 13.8. The molecule has 0 saturated carbocycles. The predicted molar refractivity (Wildman–Crippen MR) is 88.9 cm³/mol. The van der Waals surface area contributed by atoms with E-state index in [0.717, 1.165) is 36.4 Å². The van der Waals surface area contributed by atoms with E-state index in [9.17, 15) is 4.39 Å². The third-order valence-corrected chi connectivity index (χ3v) is 3.53. The Kier molecular flexibility index (Phi) is 6.14. The molecule has 2 rings (SSSR count). The van der Waals surface area contributed by atoms with Crippen LogP contribution in [0.4, 0.5) is 4.39 Å². The molecule has 0 aliphatic carbocycles. The molecule has 0 atom stereocenters. The van der Waals surface area contributed by atoms with Gasteiger partial charge in [-0.05, 0) is 44.4 Å². The Balaban J connectivity index is 1.70. The number of rotatable bonds is 6. The van der Waals surface area contributed by atoms with Crippen LogP contribution in [0.1, 0.15) is 29.3 Å². The van der Waals surface area contributed by atoms with E-state index < -0.39 is 0 Å². The average molecular weight is 318 g/mol. The Morgan fingerprint density at radius 3 is 2.78 bits per heavy atom. The maximum absolute atomic E-state index is 13.1. The zero-order chi connectivity index (χ0) is 16.7. The molecule has 6 heteroatoms. The van der Waals surface area contributed by atoms with Crippen molar-refractivity contribution in [1.29, 1.82) is 0 Å². The Labute approximate surface area is 136 Å². The van der Waals surface area contributed by atoms with Gasteiger partial charge in [0.05, 0.1) is 12.2 Å². The summed E-state index contributed by atoms with van der Waals surface area (Å²) in [5.41, 5.74) is 1.90. The summed E-state index contributed by atoms with van der Waals surface area (Å²) in [6, 6.07) is 6.70. The minimum Gasteiger partial charge on any atom is -0.444 e. The van der Waals surface area contributed by atoms with Crippen molar-refractivity contribution in [2.45, 2.75) is 33.2 Å². The summed E-state index contributed by atoms with van der Waals surface area (Å²) in [7, 11) is 1.72. The smallest absolute Gasteiger partial charge is 0.214 e. The highest BCUT2D eigenvalue weighted by molar-refractivity contribution is 5.79. The normalized spacial score (nSPS) is 11.6. The first-order valence-corrected chi connectivity index (χ1v) is 7.70. The molecule has 23 heavy (non-hydrogen) atoms. The molecule has 124 valence electrons. The van der Waals surface area contributed by atoms with E-state index in [1.165, 1.54) is 6.07 Å². The molecule has 0 spiro atoms. The largest absolute Gasteiger partial charge is 0.444 e. The third kappa shape index (κ3) is 5.39. The van der Waals surface area contributed by atoms with Gasteiger partial charge in [0.1, 0.15) is 11.6 Å². The maximum atomic E-state index is 13.1. The summed E-state index contributed by atoms with van der Waals surface area (Å²) in [6.45, 7) is 5.05. The summed E-state index contributed by atoms with van der Waals surface area (Å²) in [5, 5.41) is 6.38. The lowest BCUT2D eigenvalue weighted by molar-refractivity contribution is 0.463. The number of nitrogens with zero attached hydrogens (tertiary/aromatic N) is 2. The minimum absolute atomic E-state index is 0.190. The number of oxazole rings is 1. The maximum Gasteiger partial charge on any atom is 0.214 e. The zero-order valence-corrected chi connectivity index (χ0v) is 13.8. The number of aliphatic imine (C=N–C) groups is 1. The van der Waals surface area contributed by atoms with Crippen LogP contribution in [0.25, 0.3) is 0 Å². The van der Waals surface area contributed by atoms with Crippen molar-refractivity contribution in [1.82, 2.24) is 15.6 Å². The van der Waals surface area contributed by atoms with Crippen molar-refractivity contribution < 1.29 is 8.81 Å². The Bertz CT molecular complexity index is 647. The second-order valence-electron chi connectivity index (χ2n) is 5.34. The fraction of sp³-hybridized carbons (Fsp3) is 0.412. The van der Waals surface area contributed by atoms with Gasteiger partial charge in [-0.25, -0.2) is 9.37 Å². The van der Waals surface area contributed by atoms with Crippen LogP contribution in [0.5, 0.6) is 0 Å². The van der Waals surface area contributed by atoms with Gasteiger partial charge in [0, 0.05) is 13.6 Å². The molecule has 0 bridgehead atoms.